The molecule has 17 heavy (non-hydrogen) atoms. The Morgan fingerprint density at radius 2 is 2.24 bits per heavy atom. The van der Waals surface area contributed by atoms with Crippen LogP contribution in [0.3, 0.4) is 0 Å². The summed E-state index contributed by atoms with van der Waals surface area (Å²) in [6.45, 7) is 0. The molecule has 0 spiro atoms. The molecule has 0 aliphatic heterocycles. The van der Waals surface area contributed by atoms with Crippen LogP contribution in [0.2, 0.25) is 0 Å². The summed E-state index contributed by atoms with van der Waals surface area (Å²) in [4.78, 5) is 11.5. The Bertz CT molecular complexity index is 412. The van der Waals surface area contributed by atoms with E-state index >= 15 is 0 Å². The molecule has 1 aromatic rings. The zero-order valence-corrected chi connectivity index (χ0v) is 11.3. The van der Waals surface area contributed by atoms with Crippen LogP contribution in [0.4, 0.5) is 4.39 Å². The highest BCUT2D eigenvalue weighted by molar-refractivity contribution is 9.10. The molecule has 1 atom stereocenters. The molecule has 0 saturated heterocycles. The van der Waals surface area contributed by atoms with Gasteiger partial charge in [-0.25, -0.2) is 9.40 Å². The third kappa shape index (κ3) is 4.41. The molecule has 1 rings (SSSR count). The minimum absolute atomic E-state index is 0.158. The Balaban J connectivity index is 2.70. The third-order valence-electron chi connectivity index (χ3n) is 2.12. The molecule has 0 fully saturated rings. The van der Waals surface area contributed by atoms with Gasteiger partial charge in [-0.2, -0.15) is 0 Å². The second-order valence-electron chi connectivity index (χ2n) is 3.92. The summed E-state index contributed by atoms with van der Waals surface area (Å²) in [6, 6.07) is 3.79. The molecule has 0 aliphatic rings. The van der Waals surface area contributed by atoms with Gasteiger partial charge in [0.2, 0.25) is 0 Å². The van der Waals surface area contributed by atoms with Crippen LogP contribution >= 0.6 is 15.9 Å². The minimum Gasteiger partial charge on any atom is -0.320 e. The van der Waals surface area contributed by atoms with Crippen molar-refractivity contribution >= 4 is 21.8 Å². The number of nitrogens with two attached hydrogens (primary N) is 1. The molecule has 0 saturated carbocycles. The van der Waals surface area contributed by atoms with E-state index in [4.69, 9.17) is 5.73 Å². The van der Waals surface area contributed by atoms with Gasteiger partial charge in [0.15, 0.2) is 0 Å². The predicted octanol–water partition coefficient (Wildman–Crippen LogP) is 1.05. The number of hydrogen-bond acceptors (Lipinski definition) is 3. The Morgan fingerprint density at radius 3 is 2.82 bits per heavy atom. The van der Waals surface area contributed by atoms with Gasteiger partial charge in [-0.3, -0.25) is 10.2 Å². The van der Waals surface area contributed by atoms with Gasteiger partial charge in [0, 0.05) is 18.6 Å². The van der Waals surface area contributed by atoms with Gasteiger partial charge in [-0.05, 0) is 30.2 Å². The van der Waals surface area contributed by atoms with Crippen molar-refractivity contribution in [1.82, 2.24) is 10.4 Å². The average Bonchev–Trinajstić information content (AvgIpc) is 2.22. The molecular weight excluding hydrogens is 289 g/mol. The highest BCUT2D eigenvalue weighted by Crippen LogP contribution is 2.16. The van der Waals surface area contributed by atoms with Gasteiger partial charge in [0.25, 0.3) is 5.91 Å². The molecule has 3 N–H and O–H groups in total. The van der Waals surface area contributed by atoms with Crippen molar-refractivity contribution in [2.75, 3.05) is 14.1 Å². The lowest BCUT2D eigenvalue weighted by Gasteiger charge is -2.16. The van der Waals surface area contributed by atoms with Crippen LogP contribution in [-0.2, 0) is 11.2 Å². The zero-order chi connectivity index (χ0) is 13.0. The second kappa shape index (κ2) is 6.09. The molecule has 0 radical (unpaired) electrons. The smallest absolute Gasteiger partial charge is 0.251 e. The molecule has 1 amide bonds. The van der Waals surface area contributed by atoms with Crippen LogP contribution in [-0.4, -0.2) is 31.1 Å². The first-order chi connectivity index (χ1) is 7.90. The van der Waals surface area contributed by atoms with Crippen molar-refractivity contribution < 1.29 is 9.18 Å². The van der Waals surface area contributed by atoms with Gasteiger partial charge in [-0.1, -0.05) is 15.9 Å². The molecule has 0 aliphatic carbocycles. The van der Waals surface area contributed by atoms with Crippen LogP contribution in [0.5, 0.6) is 0 Å². The number of benzene rings is 1. The lowest BCUT2D eigenvalue weighted by molar-refractivity contribution is -0.126. The second-order valence-corrected chi connectivity index (χ2v) is 4.83. The molecular formula is C11H15BrFN3O. The van der Waals surface area contributed by atoms with E-state index in [-0.39, 0.29) is 18.1 Å². The number of nitrogens with zero attached hydrogens (tertiary/aromatic N) is 1. The van der Waals surface area contributed by atoms with E-state index in [2.05, 4.69) is 21.4 Å². The summed E-state index contributed by atoms with van der Waals surface area (Å²) in [7, 11) is 3.37. The van der Waals surface area contributed by atoms with Crippen molar-refractivity contribution in [2.45, 2.75) is 12.5 Å². The van der Waals surface area contributed by atoms with Crippen LogP contribution in [0, 0.1) is 5.82 Å². The molecule has 94 valence electrons. The summed E-state index contributed by atoms with van der Waals surface area (Å²) in [5.74, 6) is -0.698. The number of amides is 1. The highest BCUT2D eigenvalue weighted by Gasteiger charge is 2.16. The van der Waals surface area contributed by atoms with E-state index in [0.717, 1.165) is 4.47 Å². The van der Waals surface area contributed by atoms with E-state index < -0.39 is 6.04 Å². The van der Waals surface area contributed by atoms with Crippen molar-refractivity contribution in [2.24, 2.45) is 5.73 Å². The highest BCUT2D eigenvalue weighted by atomic mass is 79.9. The van der Waals surface area contributed by atoms with E-state index in [0.29, 0.717) is 5.56 Å². The minimum atomic E-state index is -0.777. The zero-order valence-electron chi connectivity index (χ0n) is 9.71. The van der Waals surface area contributed by atoms with Crippen molar-refractivity contribution in [3.63, 3.8) is 0 Å². The summed E-state index contributed by atoms with van der Waals surface area (Å²) in [6.07, 6.45) is 0.158. The SMILES string of the molecule is CN(C)NC(=O)C(N)Cc1cc(Br)ccc1F. The fourth-order valence-electron chi connectivity index (χ4n) is 1.33. The quantitative estimate of drug-likeness (QED) is 0.818. The summed E-state index contributed by atoms with van der Waals surface area (Å²) in [5.41, 5.74) is 8.65. The van der Waals surface area contributed by atoms with Crippen molar-refractivity contribution in [3.05, 3.63) is 34.1 Å². The summed E-state index contributed by atoms with van der Waals surface area (Å²) < 4.78 is 14.2. The normalized spacial score (nSPS) is 12.6. The van der Waals surface area contributed by atoms with E-state index in [9.17, 15) is 9.18 Å². The number of carbonyl (C=O) groups is 1. The number of halogens is 2. The maximum atomic E-state index is 13.4. The van der Waals surface area contributed by atoms with Crippen LogP contribution < -0.4 is 11.2 Å². The average molecular weight is 304 g/mol. The number of nitrogens with one attached hydrogen (secondary N) is 1. The Morgan fingerprint density at radius 1 is 1.59 bits per heavy atom. The van der Waals surface area contributed by atoms with Gasteiger partial charge in [0.05, 0.1) is 6.04 Å². The Labute approximate surface area is 108 Å². The molecule has 0 bridgehead atoms. The molecule has 4 nitrogen and oxygen atoms in total. The fourth-order valence-corrected chi connectivity index (χ4v) is 1.74. The van der Waals surface area contributed by atoms with Crippen LogP contribution in [0.1, 0.15) is 5.56 Å². The molecule has 6 heteroatoms. The Hall–Kier alpha value is -0.980. The number of hydrogen-bond donors (Lipinski definition) is 2. The first kappa shape index (κ1) is 14.1. The maximum Gasteiger partial charge on any atom is 0.251 e. The number of rotatable bonds is 4. The summed E-state index contributed by atoms with van der Waals surface area (Å²) in [5, 5.41) is 1.50. The van der Waals surface area contributed by atoms with Gasteiger partial charge in [0.1, 0.15) is 5.82 Å². The molecule has 0 heterocycles. The molecule has 0 aromatic heterocycles. The topological polar surface area (TPSA) is 58.4 Å². The van der Waals surface area contributed by atoms with E-state index in [1.165, 1.54) is 11.1 Å². The van der Waals surface area contributed by atoms with Crippen molar-refractivity contribution in [1.29, 1.82) is 0 Å². The third-order valence-corrected chi connectivity index (χ3v) is 2.61. The van der Waals surface area contributed by atoms with E-state index in [1.807, 2.05) is 0 Å². The van der Waals surface area contributed by atoms with Crippen LogP contribution in [0.25, 0.3) is 0 Å². The fraction of sp³-hybridized carbons (Fsp3) is 0.364. The lowest BCUT2D eigenvalue weighted by Crippen LogP contribution is -2.47. The van der Waals surface area contributed by atoms with Gasteiger partial charge >= 0.3 is 0 Å². The number of hydrazine groups is 1. The largest absolute Gasteiger partial charge is 0.320 e. The van der Waals surface area contributed by atoms with E-state index in [1.54, 1.807) is 26.2 Å². The van der Waals surface area contributed by atoms with Gasteiger partial charge < -0.3 is 5.73 Å². The van der Waals surface area contributed by atoms with Crippen LogP contribution in [0.15, 0.2) is 22.7 Å². The lowest BCUT2D eigenvalue weighted by atomic mass is 10.1. The van der Waals surface area contributed by atoms with Crippen molar-refractivity contribution in [3.8, 4) is 0 Å². The maximum absolute atomic E-state index is 13.4. The van der Waals surface area contributed by atoms with Gasteiger partial charge in [-0.15, -0.1) is 0 Å². The summed E-state index contributed by atoms with van der Waals surface area (Å²) >= 11 is 3.25. The first-order valence-electron chi connectivity index (χ1n) is 5.07. The molecule has 1 aromatic carbocycles. The number of carbonyl (C=O) groups excluding carboxylic acids is 1. The monoisotopic (exact) mass is 303 g/mol. The molecule has 1 unspecified atom stereocenters. The first-order valence-corrected chi connectivity index (χ1v) is 5.86. The Kier molecular flexibility index (Phi) is 5.04. The standard InChI is InChI=1S/C11H15BrFN3O/c1-16(2)15-11(17)10(14)6-7-5-8(12)3-4-9(7)13/h3-5,10H,6,14H2,1-2H3,(H,15,17). The predicted molar refractivity (Wildman–Crippen MR) is 67.6 cm³/mol.